The zero-order valence-electron chi connectivity index (χ0n) is 19.5. The van der Waals surface area contributed by atoms with Crippen LogP contribution in [0.4, 0.5) is 0 Å². The highest BCUT2D eigenvalue weighted by Gasteiger charge is 2.45. The van der Waals surface area contributed by atoms with Crippen molar-refractivity contribution in [3.63, 3.8) is 0 Å². The van der Waals surface area contributed by atoms with Crippen LogP contribution in [0.15, 0.2) is 66.7 Å². The number of rotatable bonds is 10. The van der Waals surface area contributed by atoms with Gasteiger partial charge in [-0.05, 0) is 29.5 Å². The van der Waals surface area contributed by atoms with Crippen molar-refractivity contribution in [2.75, 3.05) is 26.3 Å². The van der Waals surface area contributed by atoms with Crippen LogP contribution in [0.1, 0.15) is 31.2 Å². The highest BCUT2D eigenvalue weighted by atomic mass is 16.5. The van der Waals surface area contributed by atoms with E-state index in [1.807, 2.05) is 24.3 Å². The molecule has 0 aromatic heterocycles. The normalized spacial score (nSPS) is 23.5. The molecule has 1 aliphatic carbocycles. The number of hydrogen-bond donors (Lipinski definition) is 1. The lowest BCUT2D eigenvalue weighted by atomic mass is 9.98. The molecule has 0 unspecified atom stereocenters. The van der Waals surface area contributed by atoms with Gasteiger partial charge in [0, 0.05) is 31.8 Å². The summed E-state index contributed by atoms with van der Waals surface area (Å²) in [7, 11) is 0. The van der Waals surface area contributed by atoms with Gasteiger partial charge in [-0.1, -0.05) is 66.7 Å². The Balaban J connectivity index is 1.41. The molecule has 6 nitrogen and oxygen atoms in total. The maximum Gasteiger partial charge on any atom is 0.303 e. The van der Waals surface area contributed by atoms with Gasteiger partial charge in [0.05, 0.1) is 32.0 Å². The molecular formula is C28H33NO5. The van der Waals surface area contributed by atoms with Gasteiger partial charge in [-0.25, -0.2) is 0 Å². The number of allylic oxidation sites excluding steroid dienone is 1. The van der Waals surface area contributed by atoms with Gasteiger partial charge < -0.3 is 14.6 Å². The summed E-state index contributed by atoms with van der Waals surface area (Å²) in [6.45, 7) is 3.21. The Morgan fingerprint density at radius 1 is 1.06 bits per heavy atom. The van der Waals surface area contributed by atoms with Crippen molar-refractivity contribution in [3.8, 4) is 11.1 Å². The minimum atomic E-state index is -0.782. The summed E-state index contributed by atoms with van der Waals surface area (Å²) in [5.41, 5.74) is 3.42. The van der Waals surface area contributed by atoms with Crippen molar-refractivity contribution < 1.29 is 24.2 Å². The summed E-state index contributed by atoms with van der Waals surface area (Å²) in [5, 5.41) is 8.87. The van der Waals surface area contributed by atoms with Gasteiger partial charge in [-0.3, -0.25) is 14.5 Å². The van der Waals surface area contributed by atoms with E-state index in [2.05, 4.69) is 47.4 Å². The lowest BCUT2D eigenvalue weighted by molar-refractivity contribution is -0.137. The first-order chi connectivity index (χ1) is 16.6. The van der Waals surface area contributed by atoms with Gasteiger partial charge in [0.2, 0.25) is 0 Å². The first kappa shape index (κ1) is 24.3. The van der Waals surface area contributed by atoms with E-state index in [-0.39, 0.29) is 30.3 Å². The topological polar surface area (TPSA) is 76.1 Å². The summed E-state index contributed by atoms with van der Waals surface area (Å²) in [6, 6.07) is 18.4. The van der Waals surface area contributed by atoms with E-state index in [4.69, 9.17) is 14.6 Å². The number of carbonyl (C=O) groups excluding carboxylic acids is 1. The van der Waals surface area contributed by atoms with Crippen LogP contribution in [0.2, 0.25) is 0 Å². The third-order valence-corrected chi connectivity index (χ3v) is 6.61. The van der Waals surface area contributed by atoms with Crippen molar-refractivity contribution >= 4 is 11.8 Å². The number of aliphatic carboxylic acids is 1. The van der Waals surface area contributed by atoms with Crippen molar-refractivity contribution in [1.29, 1.82) is 0 Å². The number of morpholine rings is 1. The average molecular weight is 464 g/mol. The number of benzene rings is 2. The largest absolute Gasteiger partial charge is 0.481 e. The van der Waals surface area contributed by atoms with Gasteiger partial charge in [0.15, 0.2) is 5.78 Å². The molecule has 1 heterocycles. The first-order valence-corrected chi connectivity index (χ1v) is 12.1. The Morgan fingerprint density at radius 2 is 1.76 bits per heavy atom. The predicted molar refractivity (Wildman–Crippen MR) is 130 cm³/mol. The van der Waals surface area contributed by atoms with Crippen LogP contribution in [0.25, 0.3) is 11.1 Å². The quantitative estimate of drug-likeness (QED) is 0.417. The summed E-state index contributed by atoms with van der Waals surface area (Å²) in [5.74, 6) is -0.610. The lowest BCUT2D eigenvalue weighted by Gasteiger charge is -2.34. The summed E-state index contributed by atoms with van der Waals surface area (Å²) in [4.78, 5) is 26.0. The molecule has 1 N–H and O–H groups in total. The number of ether oxygens (including phenoxy) is 2. The van der Waals surface area contributed by atoms with Crippen LogP contribution >= 0.6 is 0 Å². The number of Topliss-reactive ketones (excluding diaryl/α,β-unsaturated/α-hetero) is 1. The number of carboxylic acids is 1. The van der Waals surface area contributed by atoms with E-state index in [9.17, 15) is 9.59 Å². The molecule has 1 aliphatic heterocycles. The molecule has 6 heteroatoms. The molecule has 0 bridgehead atoms. The number of carboxylic acid groups (broad SMARTS) is 1. The van der Waals surface area contributed by atoms with Crippen LogP contribution in [0, 0.1) is 5.92 Å². The maximum atomic E-state index is 13.0. The molecule has 0 amide bonds. The molecule has 2 aromatic rings. The molecule has 180 valence electrons. The summed E-state index contributed by atoms with van der Waals surface area (Å²) in [6.07, 6.45) is 5.73. The minimum Gasteiger partial charge on any atom is -0.481 e. The van der Waals surface area contributed by atoms with Gasteiger partial charge >= 0.3 is 5.97 Å². The molecule has 0 spiro atoms. The molecule has 3 atom stereocenters. The molecule has 4 rings (SSSR count). The SMILES string of the molecule is O=C(O)CCC/C=C\[C@H]1[C@@H](OCc2ccc(-c3ccccc3)cc2)CC(=O)[C@@H]1N1CCOCC1. The Morgan fingerprint density at radius 3 is 2.47 bits per heavy atom. The van der Waals surface area contributed by atoms with Crippen molar-refractivity contribution in [2.24, 2.45) is 5.92 Å². The Bertz CT molecular complexity index is 966. The van der Waals surface area contributed by atoms with Crippen LogP contribution in [-0.2, 0) is 25.7 Å². The van der Waals surface area contributed by atoms with E-state index in [0.717, 1.165) is 24.2 Å². The molecule has 2 aliphatic rings. The number of unbranched alkanes of at least 4 members (excludes halogenated alkanes) is 1. The lowest BCUT2D eigenvalue weighted by Crippen LogP contribution is -2.48. The van der Waals surface area contributed by atoms with Crippen LogP contribution in [0.5, 0.6) is 0 Å². The highest BCUT2D eigenvalue weighted by Crippen LogP contribution is 2.33. The Labute approximate surface area is 201 Å². The second-order valence-corrected chi connectivity index (χ2v) is 8.97. The number of carbonyl (C=O) groups is 2. The van der Waals surface area contributed by atoms with E-state index in [1.54, 1.807) is 0 Å². The molecule has 34 heavy (non-hydrogen) atoms. The molecule has 0 radical (unpaired) electrons. The maximum absolute atomic E-state index is 13.0. The van der Waals surface area contributed by atoms with Gasteiger partial charge in [0.25, 0.3) is 0 Å². The smallest absolute Gasteiger partial charge is 0.303 e. The van der Waals surface area contributed by atoms with Crippen LogP contribution in [0.3, 0.4) is 0 Å². The van der Waals surface area contributed by atoms with Crippen LogP contribution < -0.4 is 0 Å². The summed E-state index contributed by atoms with van der Waals surface area (Å²) < 4.78 is 11.8. The molecule has 2 aromatic carbocycles. The molecule has 1 saturated heterocycles. The number of nitrogens with zero attached hydrogens (tertiary/aromatic N) is 1. The van der Waals surface area contributed by atoms with Gasteiger partial charge in [0.1, 0.15) is 0 Å². The fourth-order valence-corrected chi connectivity index (χ4v) is 4.83. The number of hydrogen-bond acceptors (Lipinski definition) is 5. The second-order valence-electron chi connectivity index (χ2n) is 8.97. The van der Waals surface area contributed by atoms with E-state index in [0.29, 0.717) is 39.1 Å². The second kappa shape index (κ2) is 12.1. The zero-order chi connectivity index (χ0) is 23.8. The third kappa shape index (κ3) is 6.41. The van der Waals surface area contributed by atoms with Gasteiger partial charge in [-0.15, -0.1) is 0 Å². The highest BCUT2D eigenvalue weighted by molar-refractivity contribution is 5.88. The Hall–Kier alpha value is -2.80. The van der Waals surface area contributed by atoms with Gasteiger partial charge in [-0.2, -0.15) is 0 Å². The van der Waals surface area contributed by atoms with E-state index >= 15 is 0 Å². The van der Waals surface area contributed by atoms with Crippen molar-refractivity contribution in [1.82, 2.24) is 4.90 Å². The van der Waals surface area contributed by atoms with E-state index in [1.165, 1.54) is 5.56 Å². The average Bonchev–Trinajstić information content (AvgIpc) is 3.18. The fraction of sp³-hybridized carbons (Fsp3) is 0.429. The van der Waals surface area contributed by atoms with Crippen molar-refractivity contribution in [3.05, 3.63) is 72.3 Å². The Kier molecular flexibility index (Phi) is 8.63. The van der Waals surface area contributed by atoms with Crippen molar-refractivity contribution in [2.45, 2.75) is 44.4 Å². The first-order valence-electron chi connectivity index (χ1n) is 12.1. The number of ketones is 1. The van der Waals surface area contributed by atoms with E-state index < -0.39 is 5.97 Å². The molecular weight excluding hydrogens is 430 g/mol. The monoisotopic (exact) mass is 463 g/mol. The molecule has 1 saturated carbocycles. The fourth-order valence-electron chi connectivity index (χ4n) is 4.83. The summed E-state index contributed by atoms with van der Waals surface area (Å²) >= 11 is 0. The standard InChI is InChI=1S/C28H33NO5/c30-25-19-26(34-20-21-11-13-23(14-12-21)22-7-3-1-4-8-22)24(9-5-2-6-10-27(31)32)28(25)29-15-17-33-18-16-29/h1,3-5,7-9,11-14,24,26,28H,2,6,10,15-20H2,(H,31,32)/b9-5-/t24-,26-,28+/m0/s1. The van der Waals surface area contributed by atoms with Crippen LogP contribution in [-0.4, -0.2) is 60.2 Å². The minimum absolute atomic E-state index is 0.0426. The predicted octanol–water partition coefficient (Wildman–Crippen LogP) is 4.34. The molecule has 2 fully saturated rings. The third-order valence-electron chi connectivity index (χ3n) is 6.61. The zero-order valence-corrected chi connectivity index (χ0v) is 19.5.